The van der Waals surface area contributed by atoms with Crippen molar-refractivity contribution < 1.29 is 5.21 Å². The Morgan fingerprint density at radius 3 is 2.80 bits per heavy atom. The molecule has 0 atom stereocenters. The van der Waals surface area contributed by atoms with Crippen LogP contribution in [0.2, 0.25) is 0 Å². The van der Waals surface area contributed by atoms with Crippen molar-refractivity contribution in [3.63, 3.8) is 0 Å². The molecule has 0 aliphatic heterocycles. The highest BCUT2D eigenvalue weighted by Crippen LogP contribution is 2.26. The van der Waals surface area contributed by atoms with Gasteiger partial charge in [0.05, 0.1) is 0 Å². The molecule has 1 heterocycles. The molecule has 5 heteroatoms. The van der Waals surface area contributed by atoms with Gasteiger partial charge < -0.3 is 10.9 Å². The summed E-state index contributed by atoms with van der Waals surface area (Å²) in [6, 6.07) is 10.2. The first-order valence-corrected chi connectivity index (χ1v) is 7.21. The van der Waals surface area contributed by atoms with E-state index in [1.54, 1.807) is 18.0 Å². The summed E-state index contributed by atoms with van der Waals surface area (Å²) in [6.07, 6.45) is 1.67. The van der Waals surface area contributed by atoms with Crippen molar-refractivity contribution in [2.45, 2.75) is 24.5 Å². The van der Waals surface area contributed by atoms with Crippen LogP contribution >= 0.6 is 11.8 Å². The van der Waals surface area contributed by atoms with Crippen LogP contribution in [0.5, 0.6) is 0 Å². The first-order valence-electron chi connectivity index (χ1n) is 6.23. The van der Waals surface area contributed by atoms with E-state index in [4.69, 9.17) is 10.9 Å². The topological polar surface area (TPSA) is 71.5 Å². The Labute approximate surface area is 122 Å². The second-order valence-corrected chi connectivity index (χ2v) is 5.61. The van der Waals surface area contributed by atoms with Gasteiger partial charge in [-0.1, -0.05) is 22.9 Å². The summed E-state index contributed by atoms with van der Waals surface area (Å²) in [6.45, 7) is 4.21. The van der Waals surface area contributed by atoms with Gasteiger partial charge in [-0.15, -0.1) is 11.8 Å². The van der Waals surface area contributed by atoms with E-state index in [1.807, 2.05) is 12.1 Å². The lowest BCUT2D eigenvalue weighted by molar-refractivity contribution is 0.318. The average molecular weight is 287 g/mol. The number of aromatic nitrogens is 1. The zero-order chi connectivity index (χ0) is 14.5. The number of nitrogens with zero attached hydrogens (tertiary/aromatic N) is 2. The van der Waals surface area contributed by atoms with Gasteiger partial charge in [0.25, 0.3) is 0 Å². The molecule has 0 radical (unpaired) electrons. The second-order valence-electron chi connectivity index (χ2n) is 4.59. The zero-order valence-corrected chi connectivity index (χ0v) is 12.3. The zero-order valence-electron chi connectivity index (χ0n) is 11.5. The highest BCUT2D eigenvalue weighted by Gasteiger charge is 2.04. The van der Waals surface area contributed by atoms with Crippen molar-refractivity contribution in [1.82, 2.24) is 4.98 Å². The Morgan fingerprint density at radius 1 is 1.30 bits per heavy atom. The molecule has 0 fully saturated rings. The number of aryl methyl sites for hydroxylation is 2. The molecule has 20 heavy (non-hydrogen) atoms. The first-order chi connectivity index (χ1) is 9.60. The Bertz CT molecular complexity index is 641. The normalized spacial score (nSPS) is 11.6. The molecule has 4 nitrogen and oxygen atoms in total. The SMILES string of the molecule is Cc1ccc(SCc2ccnc(C(N)=NO)c2)c(C)c1. The number of oxime groups is 1. The minimum atomic E-state index is 0.0309. The summed E-state index contributed by atoms with van der Waals surface area (Å²) in [7, 11) is 0. The van der Waals surface area contributed by atoms with Crippen molar-refractivity contribution in [3.05, 3.63) is 58.9 Å². The fraction of sp³-hybridized carbons (Fsp3) is 0.200. The molecule has 0 aliphatic carbocycles. The number of thioether (sulfide) groups is 1. The summed E-state index contributed by atoms with van der Waals surface area (Å²) < 4.78 is 0. The largest absolute Gasteiger partial charge is 0.409 e. The van der Waals surface area contributed by atoms with Crippen LogP contribution in [-0.2, 0) is 5.75 Å². The van der Waals surface area contributed by atoms with E-state index in [1.165, 1.54) is 16.0 Å². The first kappa shape index (κ1) is 14.4. The van der Waals surface area contributed by atoms with Gasteiger partial charge in [-0.25, -0.2) is 0 Å². The minimum Gasteiger partial charge on any atom is -0.409 e. The smallest absolute Gasteiger partial charge is 0.188 e. The Morgan fingerprint density at radius 2 is 2.10 bits per heavy atom. The van der Waals surface area contributed by atoms with Gasteiger partial charge in [-0.2, -0.15) is 0 Å². The lowest BCUT2D eigenvalue weighted by Crippen LogP contribution is -2.15. The van der Waals surface area contributed by atoms with E-state index in [0.29, 0.717) is 5.69 Å². The molecular weight excluding hydrogens is 270 g/mol. The van der Waals surface area contributed by atoms with Crippen LogP contribution in [0.25, 0.3) is 0 Å². The standard InChI is InChI=1S/C15H17N3OS/c1-10-3-4-14(11(2)7-10)20-9-12-5-6-17-13(8-12)15(16)18-19/h3-8,19H,9H2,1-2H3,(H2,16,18). The molecule has 2 aromatic rings. The minimum absolute atomic E-state index is 0.0309. The molecular formula is C15H17N3OS. The number of nitrogens with two attached hydrogens (primary N) is 1. The van der Waals surface area contributed by atoms with Gasteiger partial charge >= 0.3 is 0 Å². The third-order valence-corrected chi connectivity index (χ3v) is 4.17. The van der Waals surface area contributed by atoms with Crippen molar-refractivity contribution >= 4 is 17.6 Å². The van der Waals surface area contributed by atoms with Crippen molar-refractivity contribution in [3.8, 4) is 0 Å². The molecule has 1 aromatic heterocycles. The predicted molar refractivity (Wildman–Crippen MR) is 82.2 cm³/mol. The second kappa shape index (κ2) is 6.43. The van der Waals surface area contributed by atoms with Crippen molar-refractivity contribution in [2.75, 3.05) is 0 Å². The van der Waals surface area contributed by atoms with E-state index in [9.17, 15) is 0 Å². The van der Waals surface area contributed by atoms with Crippen LogP contribution in [0.15, 0.2) is 46.6 Å². The highest BCUT2D eigenvalue weighted by atomic mass is 32.2. The molecule has 2 rings (SSSR count). The maximum absolute atomic E-state index is 8.67. The quantitative estimate of drug-likeness (QED) is 0.298. The van der Waals surface area contributed by atoms with E-state index in [-0.39, 0.29) is 5.84 Å². The molecule has 0 amide bonds. The molecule has 0 saturated heterocycles. The molecule has 0 bridgehead atoms. The van der Waals surface area contributed by atoms with Gasteiger partial charge in [0.1, 0.15) is 5.69 Å². The molecule has 0 spiro atoms. The Kier molecular flexibility index (Phi) is 4.63. The summed E-state index contributed by atoms with van der Waals surface area (Å²) in [5.41, 5.74) is 9.67. The van der Waals surface area contributed by atoms with Crippen molar-refractivity contribution in [1.29, 1.82) is 0 Å². The lowest BCUT2D eigenvalue weighted by Gasteiger charge is -2.07. The van der Waals surface area contributed by atoms with Gasteiger partial charge in [0.2, 0.25) is 0 Å². The van der Waals surface area contributed by atoms with Gasteiger partial charge in [-0.3, -0.25) is 4.98 Å². The van der Waals surface area contributed by atoms with Crippen LogP contribution in [0.4, 0.5) is 0 Å². The van der Waals surface area contributed by atoms with Gasteiger partial charge in [-0.05, 0) is 43.2 Å². The third-order valence-electron chi connectivity index (χ3n) is 2.92. The lowest BCUT2D eigenvalue weighted by atomic mass is 10.2. The predicted octanol–water partition coefficient (Wildman–Crippen LogP) is 3.09. The molecule has 104 valence electrons. The van der Waals surface area contributed by atoms with Gasteiger partial charge in [0.15, 0.2) is 5.84 Å². The molecule has 1 aromatic carbocycles. The summed E-state index contributed by atoms with van der Waals surface area (Å²) in [5.74, 6) is 0.848. The van der Waals surface area contributed by atoms with E-state index in [2.05, 4.69) is 42.2 Å². The monoisotopic (exact) mass is 287 g/mol. The number of hydrogen-bond acceptors (Lipinski definition) is 4. The Hall–Kier alpha value is -2.01. The van der Waals surface area contributed by atoms with Crippen LogP contribution < -0.4 is 5.73 Å². The average Bonchev–Trinajstić information content (AvgIpc) is 2.46. The summed E-state index contributed by atoms with van der Waals surface area (Å²) in [4.78, 5) is 5.33. The highest BCUT2D eigenvalue weighted by molar-refractivity contribution is 7.98. The fourth-order valence-electron chi connectivity index (χ4n) is 1.88. The number of benzene rings is 1. The van der Waals surface area contributed by atoms with Gasteiger partial charge in [0, 0.05) is 16.8 Å². The van der Waals surface area contributed by atoms with E-state index >= 15 is 0 Å². The molecule has 0 aliphatic rings. The molecule has 3 N–H and O–H groups in total. The van der Waals surface area contributed by atoms with Crippen LogP contribution in [0, 0.1) is 13.8 Å². The fourth-order valence-corrected chi connectivity index (χ4v) is 2.83. The molecule has 0 unspecified atom stereocenters. The number of hydrogen-bond donors (Lipinski definition) is 2. The molecule has 0 saturated carbocycles. The van der Waals surface area contributed by atoms with E-state index in [0.717, 1.165) is 11.3 Å². The number of pyridine rings is 1. The summed E-state index contributed by atoms with van der Waals surface area (Å²) in [5, 5.41) is 11.6. The van der Waals surface area contributed by atoms with E-state index < -0.39 is 0 Å². The number of amidine groups is 1. The Balaban J connectivity index is 2.11. The summed E-state index contributed by atoms with van der Waals surface area (Å²) >= 11 is 1.77. The van der Waals surface area contributed by atoms with Crippen molar-refractivity contribution in [2.24, 2.45) is 10.9 Å². The number of rotatable bonds is 4. The van der Waals surface area contributed by atoms with Crippen LogP contribution in [0.1, 0.15) is 22.4 Å². The van der Waals surface area contributed by atoms with Crippen LogP contribution in [0.3, 0.4) is 0 Å². The third kappa shape index (κ3) is 3.51. The maximum Gasteiger partial charge on any atom is 0.188 e. The maximum atomic E-state index is 8.67. The van der Waals surface area contributed by atoms with Crippen LogP contribution in [-0.4, -0.2) is 16.0 Å².